The predicted molar refractivity (Wildman–Crippen MR) is 101 cm³/mol. The van der Waals surface area contributed by atoms with Gasteiger partial charge in [-0.25, -0.2) is 17.9 Å². The van der Waals surface area contributed by atoms with Gasteiger partial charge in [0.1, 0.15) is 23.4 Å². The van der Waals surface area contributed by atoms with Crippen LogP contribution in [0.3, 0.4) is 0 Å². The summed E-state index contributed by atoms with van der Waals surface area (Å²) in [4.78, 5) is 12.6. The zero-order valence-electron chi connectivity index (χ0n) is 15.3. The van der Waals surface area contributed by atoms with Gasteiger partial charge in [-0.05, 0) is 31.9 Å². The summed E-state index contributed by atoms with van der Waals surface area (Å²) in [5.74, 6) is -0.655. The molecule has 0 saturated heterocycles. The highest BCUT2D eigenvalue weighted by molar-refractivity contribution is 7.89. The van der Waals surface area contributed by atoms with E-state index in [1.807, 2.05) is 6.07 Å². The number of halogens is 1. The highest BCUT2D eigenvalue weighted by Gasteiger charge is 2.36. The van der Waals surface area contributed by atoms with Crippen LogP contribution in [0.5, 0.6) is 11.5 Å². The Balaban J connectivity index is 2.10. The van der Waals surface area contributed by atoms with Gasteiger partial charge in [-0.1, -0.05) is 11.6 Å². The molecule has 1 aromatic heterocycles. The standard InChI is InChI=1S/C18H18ClN3O5S/c1-3-26-18(23)16-17(27-13-7-6-12(9-20)14(19)8-13)15(11-4-5-11)21-22(16)10-28(2,24)25/h6-8,11H,3-5,10H2,1-2H3. The molecule has 8 nitrogen and oxygen atoms in total. The number of carbonyl (C=O) groups is 1. The average molecular weight is 424 g/mol. The van der Waals surface area contributed by atoms with E-state index in [1.165, 1.54) is 12.1 Å². The molecule has 0 radical (unpaired) electrons. The Morgan fingerprint density at radius 2 is 2.14 bits per heavy atom. The van der Waals surface area contributed by atoms with Crippen LogP contribution in [0.4, 0.5) is 0 Å². The van der Waals surface area contributed by atoms with Crippen molar-refractivity contribution in [2.45, 2.75) is 31.6 Å². The third-order valence-corrected chi connectivity index (χ3v) is 5.03. The zero-order valence-corrected chi connectivity index (χ0v) is 16.9. The monoisotopic (exact) mass is 423 g/mol. The maximum atomic E-state index is 12.6. The molecule has 148 valence electrons. The van der Waals surface area contributed by atoms with Gasteiger partial charge in [0, 0.05) is 18.2 Å². The van der Waals surface area contributed by atoms with Crippen molar-refractivity contribution in [3.05, 3.63) is 40.2 Å². The highest BCUT2D eigenvalue weighted by atomic mass is 35.5. The smallest absolute Gasteiger partial charge is 0.360 e. The minimum Gasteiger partial charge on any atom is -0.461 e. The first-order chi connectivity index (χ1) is 13.2. The van der Waals surface area contributed by atoms with Gasteiger partial charge in [0.15, 0.2) is 21.3 Å². The lowest BCUT2D eigenvalue weighted by atomic mass is 10.2. The van der Waals surface area contributed by atoms with Crippen LogP contribution in [0.25, 0.3) is 0 Å². The van der Waals surface area contributed by atoms with Crippen molar-refractivity contribution in [2.75, 3.05) is 12.9 Å². The Hall–Kier alpha value is -2.57. The summed E-state index contributed by atoms with van der Waals surface area (Å²) >= 11 is 6.06. The molecule has 1 aromatic carbocycles. The number of benzene rings is 1. The van der Waals surface area contributed by atoms with Crippen molar-refractivity contribution in [2.24, 2.45) is 0 Å². The lowest BCUT2D eigenvalue weighted by Gasteiger charge is -2.10. The molecular weight excluding hydrogens is 406 g/mol. The molecule has 1 aliphatic carbocycles. The van der Waals surface area contributed by atoms with Crippen LogP contribution in [-0.4, -0.2) is 37.0 Å². The predicted octanol–water partition coefficient (Wildman–Crippen LogP) is 3.26. The lowest BCUT2D eigenvalue weighted by molar-refractivity contribution is 0.0510. The Labute approximate surface area is 167 Å². The first-order valence-electron chi connectivity index (χ1n) is 8.56. The van der Waals surface area contributed by atoms with Crippen LogP contribution < -0.4 is 4.74 Å². The van der Waals surface area contributed by atoms with Gasteiger partial charge in [-0.3, -0.25) is 0 Å². The molecule has 0 spiro atoms. The van der Waals surface area contributed by atoms with Crippen LogP contribution in [0.15, 0.2) is 18.2 Å². The van der Waals surface area contributed by atoms with E-state index >= 15 is 0 Å². The molecule has 1 saturated carbocycles. The van der Waals surface area contributed by atoms with E-state index in [-0.39, 0.29) is 34.6 Å². The van der Waals surface area contributed by atoms with Gasteiger partial charge >= 0.3 is 5.97 Å². The normalized spacial score (nSPS) is 13.8. The number of carbonyl (C=O) groups excluding carboxylic acids is 1. The first-order valence-corrected chi connectivity index (χ1v) is 11.0. The number of sulfone groups is 1. The molecule has 2 aromatic rings. The third-order valence-electron chi connectivity index (χ3n) is 4.00. The quantitative estimate of drug-likeness (QED) is 0.628. The van der Waals surface area contributed by atoms with Crippen molar-refractivity contribution in [1.82, 2.24) is 9.78 Å². The molecule has 0 bridgehead atoms. The van der Waals surface area contributed by atoms with Gasteiger partial charge < -0.3 is 9.47 Å². The van der Waals surface area contributed by atoms with Crippen LogP contribution in [0.2, 0.25) is 5.02 Å². The molecule has 0 atom stereocenters. The molecular formula is C18H18ClN3O5S. The summed E-state index contributed by atoms with van der Waals surface area (Å²) in [7, 11) is -3.47. The summed E-state index contributed by atoms with van der Waals surface area (Å²) in [5, 5.41) is 13.5. The average Bonchev–Trinajstić information content (AvgIpc) is 3.38. The number of aromatic nitrogens is 2. The van der Waals surface area contributed by atoms with Crippen LogP contribution in [-0.2, 0) is 20.5 Å². The van der Waals surface area contributed by atoms with E-state index in [9.17, 15) is 13.2 Å². The Morgan fingerprint density at radius 1 is 1.43 bits per heavy atom. The van der Waals surface area contributed by atoms with E-state index in [1.54, 1.807) is 13.0 Å². The van der Waals surface area contributed by atoms with Gasteiger partial charge in [0.25, 0.3) is 0 Å². The van der Waals surface area contributed by atoms with E-state index in [0.717, 1.165) is 23.8 Å². The van der Waals surface area contributed by atoms with Crippen LogP contribution in [0.1, 0.15) is 47.4 Å². The number of hydrogen-bond acceptors (Lipinski definition) is 7. The number of hydrogen-bond donors (Lipinski definition) is 0. The fraction of sp³-hybridized carbons (Fsp3) is 0.389. The van der Waals surface area contributed by atoms with Gasteiger partial charge in [0.05, 0.1) is 17.2 Å². The van der Waals surface area contributed by atoms with Crippen molar-refractivity contribution < 1.29 is 22.7 Å². The summed E-state index contributed by atoms with van der Waals surface area (Å²) < 4.78 is 35.7. The summed E-state index contributed by atoms with van der Waals surface area (Å²) in [6.45, 7) is 1.77. The van der Waals surface area contributed by atoms with Crippen LogP contribution in [0, 0.1) is 11.3 Å². The molecule has 0 aliphatic heterocycles. The van der Waals surface area contributed by atoms with Crippen molar-refractivity contribution in [1.29, 1.82) is 5.26 Å². The van der Waals surface area contributed by atoms with Crippen molar-refractivity contribution in [3.63, 3.8) is 0 Å². The molecule has 28 heavy (non-hydrogen) atoms. The molecule has 1 aliphatic rings. The SMILES string of the molecule is CCOC(=O)c1c(Oc2ccc(C#N)c(Cl)c2)c(C2CC2)nn1CS(C)(=O)=O. The van der Waals surface area contributed by atoms with Gasteiger partial charge in [0.2, 0.25) is 0 Å². The van der Waals surface area contributed by atoms with Crippen LogP contribution >= 0.6 is 11.6 Å². The Morgan fingerprint density at radius 3 is 2.68 bits per heavy atom. The summed E-state index contributed by atoms with van der Waals surface area (Å²) in [5.41, 5.74) is 0.733. The lowest BCUT2D eigenvalue weighted by Crippen LogP contribution is -2.18. The Bertz CT molecular complexity index is 1070. The van der Waals surface area contributed by atoms with E-state index in [2.05, 4.69) is 5.10 Å². The number of nitrogens with zero attached hydrogens (tertiary/aromatic N) is 3. The summed E-state index contributed by atoms with van der Waals surface area (Å²) in [6.07, 6.45) is 2.78. The fourth-order valence-electron chi connectivity index (χ4n) is 2.67. The number of esters is 1. The molecule has 1 fully saturated rings. The first kappa shape index (κ1) is 20.2. The maximum absolute atomic E-state index is 12.6. The maximum Gasteiger partial charge on any atom is 0.360 e. The largest absolute Gasteiger partial charge is 0.461 e. The summed E-state index contributed by atoms with van der Waals surface area (Å²) in [6, 6.07) is 6.46. The second-order valence-corrected chi connectivity index (χ2v) is 8.98. The van der Waals surface area contributed by atoms with Gasteiger partial charge in [-0.2, -0.15) is 10.4 Å². The second kappa shape index (κ2) is 7.81. The third kappa shape index (κ3) is 4.46. The molecule has 1 heterocycles. The topological polar surface area (TPSA) is 111 Å². The number of ether oxygens (including phenoxy) is 2. The van der Waals surface area contributed by atoms with E-state index < -0.39 is 21.7 Å². The van der Waals surface area contributed by atoms with E-state index in [4.69, 9.17) is 26.3 Å². The van der Waals surface area contributed by atoms with E-state index in [0.29, 0.717) is 11.4 Å². The molecule has 0 amide bonds. The van der Waals surface area contributed by atoms with Crippen molar-refractivity contribution >= 4 is 27.4 Å². The number of rotatable bonds is 7. The van der Waals surface area contributed by atoms with Crippen molar-refractivity contribution in [3.8, 4) is 17.6 Å². The fourth-order valence-corrected chi connectivity index (χ4v) is 3.51. The Kier molecular flexibility index (Phi) is 5.63. The highest BCUT2D eigenvalue weighted by Crippen LogP contribution is 2.46. The minimum absolute atomic E-state index is 0.0605. The zero-order chi connectivity index (χ0) is 20.5. The molecule has 0 N–H and O–H groups in total. The van der Waals surface area contributed by atoms with Gasteiger partial charge in [-0.15, -0.1) is 0 Å². The number of nitriles is 1. The second-order valence-electron chi connectivity index (χ2n) is 6.47. The molecule has 10 heteroatoms. The minimum atomic E-state index is -3.47. The molecule has 0 unspecified atom stereocenters. The molecule has 3 rings (SSSR count).